The van der Waals surface area contributed by atoms with Gasteiger partial charge in [-0.25, -0.2) is 17.8 Å². The molecular formula is C22H24ClFN4O3S. The molecule has 1 aliphatic rings. The third-order valence-corrected chi connectivity index (χ3v) is 7.84. The Morgan fingerprint density at radius 1 is 1.22 bits per heavy atom. The maximum absolute atomic E-state index is 14.8. The first-order chi connectivity index (χ1) is 15.2. The van der Waals surface area contributed by atoms with Crippen LogP contribution < -0.4 is 11.3 Å². The molecule has 2 heterocycles. The minimum absolute atomic E-state index is 0.0497. The number of hydrogen-bond acceptors (Lipinski definition) is 6. The van der Waals surface area contributed by atoms with Crippen molar-refractivity contribution in [2.24, 2.45) is 5.73 Å². The average Bonchev–Trinajstić information content (AvgIpc) is 3.16. The van der Waals surface area contributed by atoms with Crippen molar-refractivity contribution in [1.29, 1.82) is 0 Å². The highest BCUT2D eigenvalue weighted by atomic mass is 35.5. The van der Waals surface area contributed by atoms with E-state index in [9.17, 15) is 17.6 Å². The molecule has 0 radical (unpaired) electrons. The van der Waals surface area contributed by atoms with Crippen LogP contribution in [0, 0.1) is 5.82 Å². The summed E-state index contributed by atoms with van der Waals surface area (Å²) in [5.41, 5.74) is 6.70. The lowest BCUT2D eigenvalue weighted by molar-refractivity contribution is 0.321. The van der Waals surface area contributed by atoms with Crippen molar-refractivity contribution in [2.45, 2.75) is 37.4 Å². The van der Waals surface area contributed by atoms with E-state index in [0.717, 1.165) is 13.0 Å². The highest BCUT2D eigenvalue weighted by molar-refractivity contribution is 7.91. The van der Waals surface area contributed by atoms with Crippen molar-refractivity contribution in [3.63, 3.8) is 0 Å². The lowest BCUT2D eigenvalue weighted by Gasteiger charge is -2.16. The Morgan fingerprint density at radius 2 is 2.00 bits per heavy atom. The first-order valence-electron chi connectivity index (χ1n) is 10.3. The molecule has 10 heteroatoms. The minimum Gasteiger partial charge on any atom is -0.326 e. The van der Waals surface area contributed by atoms with Gasteiger partial charge in [0, 0.05) is 36.3 Å². The summed E-state index contributed by atoms with van der Waals surface area (Å²) in [4.78, 5) is 19.6. The summed E-state index contributed by atoms with van der Waals surface area (Å²) >= 11 is 6.07. The number of aromatic nitrogens is 2. The van der Waals surface area contributed by atoms with Crippen molar-refractivity contribution in [1.82, 2.24) is 14.5 Å². The van der Waals surface area contributed by atoms with E-state index in [0.29, 0.717) is 34.8 Å². The summed E-state index contributed by atoms with van der Waals surface area (Å²) in [5, 5.41) is 0.489. The number of fused-ring (bicyclic) bond motifs is 1. The van der Waals surface area contributed by atoms with Gasteiger partial charge in [-0.1, -0.05) is 18.5 Å². The largest absolute Gasteiger partial charge is 0.326 e. The zero-order chi connectivity index (χ0) is 23.0. The first kappa shape index (κ1) is 22.8. The third kappa shape index (κ3) is 4.56. The number of nitrogens with zero attached hydrogens (tertiary/aromatic N) is 3. The monoisotopic (exact) mass is 478 g/mol. The smallest absolute Gasteiger partial charge is 0.261 e. The van der Waals surface area contributed by atoms with Gasteiger partial charge in [-0.2, -0.15) is 0 Å². The molecule has 3 aromatic rings. The van der Waals surface area contributed by atoms with Crippen molar-refractivity contribution in [2.75, 3.05) is 18.8 Å². The predicted molar refractivity (Wildman–Crippen MR) is 122 cm³/mol. The van der Waals surface area contributed by atoms with Crippen LogP contribution in [-0.2, 0) is 22.9 Å². The molecule has 1 saturated heterocycles. The highest BCUT2D eigenvalue weighted by Gasteiger charge is 2.21. The van der Waals surface area contributed by atoms with Crippen LogP contribution in [0.2, 0.25) is 5.02 Å². The molecule has 1 fully saturated rings. The standard InChI is InChI=1S/C22H24ClFN4O3S/c1-2-32(30,31)21-4-3-16(23)7-15(21)11-28-13-26-20-8-14(10-27-6-5-17(25)12-27)19(24)9-18(20)22(28)29/h3-4,7-9,13,17H,2,5-6,10-12,25H2,1H3/t17-/m1/s1. The number of nitrogens with two attached hydrogens (primary N) is 1. The van der Waals surface area contributed by atoms with Gasteiger partial charge in [0.1, 0.15) is 5.82 Å². The molecule has 2 aromatic carbocycles. The van der Waals surface area contributed by atoms with Gasteiger partial charge < -0.3 is 5.73 Å². The van der Waals surface area contributed by atoms with Crippen LogP contribution in [0.4, 0.5) is 4.39 Å². The molecule has 7 nitrogen and oxygen atoms in total. The summed E-state index contributed by atoms with van der Waals surface area (Å²) in [5.74, 6) is -0.561. The molecule has 0 spiro atoms. The maximum atomic E-state index is 14.8. The predicted octanol–water partition coefficient (Wildman–Crippen LogP) is 2.56. The third-order valence-electron chi connectivity index (χ3n) is 5.77. The molecule has 1 aromatic heterocycles. The highest BCUT2D eigenvalue weighted by Crippen LogP contribution is 2.23. The Bertz CT molecular complexity index is 1340. The Morgan fingerprint density at radius 3 is 2.69 bits per heavy atom. The second-order valence-electron chi connectivity index (χ2n) is 8.08. The number of halogens is 2. The van der Waals surface area contributed by atoms with Gasteiger partial charge in [0.2, 0.25) is 0 Å². The van der Waals surface area contributed by atoms with Crippen molar-refractivity contribution >= 4 is 32.3 Å². The second-order valence-corrected chi connectivity index (χ2v) is 10.8. The molecular weight excluding hydrogens is 455 g/mol. The Hall–Kier alpha value is -2.33. The number of benzene rings is 2. The van der Waals surface area contributed by atoms with E-state index in [2.05, 4.69) is 9.88 Å². The summed E-state index contributed by atoms with van der Waals surface area (Å²) in [6, 6.07) is 7.34. The quantitative estimate of drug-likeness (QED) is 0.584. The zero-order valence-corrected chi connectivity index (χ0v) is 19.2. The molecule has 0 aliphatic carbocycles. The SMILES string of the molecule is CCS(=O)(=O)c1ccc(Cl)cc1Cn1cnc2cc(CN3CC[C@@H](N)C3)c(F)cc2c1=O. The first-order valence-corrected chi connectivity index (χ1v) is 12.4. The van der Waals surface area contributed by atoms with E-state index in [1.54, 1.807) is 13.0 Å². The number of rotatable bonds is 6. The minimum atomic E-state index is -3.52. The zero-order valence-electron chi connectivity index (χ0n) is 17.6. The van der Waals surface area contributed by atoms with E-state index in [1.807, 2.05) is 0 Å². The fourth-order valence-electron chi connectivity index (χ4n) is 4.02. The lowest BCUT2D eigenvalue weighted by atomic mass is 10.1. The average molecular weight is 479 g/mol. The molecule has 1 aliphatic heterocycles. The van der Waals surface area contributed by atoms with Crippen molar-refractivity contribution in [3.05, 3.63) is 69.0 Å². The fraction of sp³-hybridized carbons (Fsp3) is 0.364. The molecule has 0 amide bonds. The Labute approximate surface area is 190 Å². The van der Waals surface area contributed by atoms with Crippen LogP contribution in [0.5, 0.6) is 0 Å². The lowest BCUT2D eigenvalue weighted by Crippen LogP contribution is -2.26. The van der Waals surface area contributed by atoms with E-state index in [4.69, 9.17) is 17.3 Å². The van der Waals surface area contributed by atoms with E-state index in [-0.39, 0.29) is 28.6 Å². The van der Waals surface area contributed by atoms with Crippen LogP contribution in [0.3, 0.4) is 0 Å². The topological polar surface area (TPSA) is 98.3 Å². The number of hydrogen-bond donors (Lipinski definition) is 1. The Kier molecular flexibility index (Phi) is 6.35. The van der Waals surface area contributed by atoms with Gasteiger partial charge in [0.25, 0.3) is 5.56 Å². The number of likely N-dealkylation sites (tertiary alicyclic amines) is 1. The fourth-order valence-corrected chi connectivity index (χ4v) is 5.32. The molecule has 0 saturated carbocycles. The van der Waals surface area contributed by atoms with Gasteiger partial charge in [-0.3, -0.25) is 14.3 Å². The second kappa shape index (κ2) is 8.90. The van der Waals surface area contributed by atoms with E-state index < -0.39 is 21.2 Å². The molecule has 170 valence electrons. The normalized spacial score (nSPS) is 17.3. The molecule has 2 N–H and O–H groups in total. The van der Waals surface area contributed by atoms with E-state index >= 15 is 0 Å². The molecule has 1 atom stereocenters. The molecule has 32 heavy (non-hydrogen) atoms. The van der Waals surface area contributed by atoms with Crippen LogP contribution in [-0.4, -0.2) is 47.8 Å². The summed E-state index contributed by atoms with van der Waals surface area (Å²) in [6.45, 7) is 3.41. The van der Waals surface area contributed by atoms with Crippen molar-refractivity contribution in [3.8, 4) is 0 Å². The summed E-state index contributed by atoms with van der Waals surface area (Å²) in [7, 11) is -3.52. The maximum Gasteiger partial charge on any atom is 0.261 e. The van der Waals surface area contributed by atoms with Crippen LogP contribution in [0.1, 0.15) is 24.5 Å². The van der Waals surface area contributed by atoms with Gasteiger partial charge >= 0.3 is 0 Å². The number of sulfone groups is 1. The van der Waals surface area contributed by atoms with Crippen molar-refractivity contribution < 1.29 is 12.8 Å². The van der Waals surface area contributed by atoms with Crippen LogP contribution >= 0.6 is 11.6 Å². The molecule has 4 rings (SSSR count). The molecule has 0 unspecified atom stereocenters. The van der Waals surface area contributed by atoms with Gasteiger partial charge in [0.05, 0.1) is 34.4 Å². The van der Waals surface area contributed by atoms with Crippen LogP contribution in [0.15, 0.2) is 46.3 Å². The summed E-state index contributed by atoms with van der Waals surface area (Å²) < 4.78 is 41.0. The van der Waals surface area contributed by atoms with Crippen LogP contribution in [0.25, 0.3) is 10.9 Å². The van der Waals surface area contributed by atoms with Gasteiger partial charge in [0.15, 0.2) is 9.84 Å². The molecule has 0 bridgehead atoms. The van der Waals surface area contributed by atoms with Gasteiger partial charge in [-0.05, 0) is 42.3 Å². The Balaban J connectivity index is 1.70. The van der Waals surface area contributed by atoms with Gasteiger partial charge in [-0.15, -0.1) is 0 Å². The van der Waals surface area contributed by atoms with E-state index in [1.165, 1.54) is 35.2 Å². The summed E-state index contributed by atoms with van der Waals surface area (Å²) in [6.07, 6.45) is 2.22.